The third-order valence-corrected chi connectivity index (χ3v) is 5.66. The van der Waals surface area contributed by atoms with Crippen molar-refractivity contribution < 1.29 is 14.6 Å². The molecule has 1 spiro atoms. The number of nitrogens with zero attached hydrogens (tertiary/aromatic N) is 2. The van der Waals surface area contributed by atoms with Crippen LogP contribution in [0.4, 0.5) is 5.82 Å². The quantitative estimate of drug-likeness (QED) is 0.703. The van der Waals surface area contributed by atoms with E-state index in [2.05, 4.69) is 10.3 Å². The molecule has 5 rings (SSSR count). The molecule has 0 radical (unpaired) electrons. The Morgan fingerprint density at radius 3 is 2.85 bits per heavy atom. The van der Waals surface area contributed by atoms with Crippen LogP contribution in [0, 0.1) is 0 Å². The van der Waals surface area contributed by atoms with E-state index in [1.165, 1.54) is 6.42 Å². The molecule has 3 heterocycles. The molecular weight excluding hydrogens is 330 g/mol. The second kappa shape index (κ2) is 5.64. The fourth-order valence-corrected chi connectivity index (χ4v) is 4.14. The lowest BCUT2D eigenvalue weighted by molar-refractivity contribution is -0.0562. The Balaban J connectivity index is 1.59. The second-order valence-electron chi connectivity index (χ2n) is 7.31. The van der Waals surface area contributed by atoms with Crippen LogP contribution >= 0.6 is 0 Å². The Bertz CT molecular complexity index is 1030. The number of fused-ring (bicyclic) bond motifs is 3. The van der Waals surface area contributed by atoms with Gasteiger partial charge in [-0.25, -0.2) is 9.78 Å². The van der Waals surface area contributed by atoms with Crippen molar-refractivity contribution in [2.24, 2.45) is 0 Å². The molecule has 1 unspecified atom stereocenters. The van der Waals surface area contributed by atoms with E-state index in [0.29, 0.717) is 12.1 Å². The number of anilines is 1. The minimum atomic E-state index is -0.953. The number of carbonyl (C=O) groups is 1. The van der Waals surface area contributed by atoms with Crippen molar-refractivity contribution in [1.82, 2.24) is 9.97 Å². The van der Waals surface area contributed by atoms with Crippen molar-refractivity contribution in [3.05, 3.63) is 42.2 Å². The summed E-state index contributed by atoms with van der Waals surface area (Å²) in [6, 6.07) is 7.20. The average Bonchev–Trinajstić information content (AvgIpc) is 3.06. The van der Waals surface area contributed by atoms with Gasteiger partial charge in [-0.15, -0.1) is 0 Å². The highest BCUT2D eigenvalue weighted by Crippen LogP contribution is 2.44. The highest BCUT2D eigenvalue weighted by Gasteiger charge is 2.45. The lowest BCUT2D eigenvalue weighted by atomic mass is 9.77. The highest BCUT2D eigenvalue weighted by atomic mass is 16.5. The number of carboxylic acid groups (broad SMARTS) is 1. The topological polar surface area (TPSA) is 84.3 Å². The maximum Gasteiger partial charge on any atom is 0.335 e. The van der Waals surface area contributed by atoms with Crippen LogP contribution in [0.1, 0.15) is 36.0 Å². The molecule has 6 heteroatoms. The lowest BCUT2D eigenvalue weighted by Gasteiger charge is -2.37. The molecule has 2 aromatic heterocycles. The predicted octanol–water partition coefficient (Wildman–Crippen LogP) is 3.60. The molecule has 0 bridgehead atoms. The Kier molecular flexibility index (Phi) is 3.37. The van der Waals surface area contributed by atoms with Crippen LogP contribution in [-0.2, 0) is 4.74 Å². The molecule has 2 aliphatic rings. The Morgan fingerprint density at radius 2 is 2.12 bits per heavy atom. The van der Waals surface area contributed by atoms with E-state index in [0.717, 1.165) is 41.2 Å². The van der Waals surface area contributed by atoms with Gasteiger partial charge in [-0.05, 0) is 43.9 Å². The molecule has 0 amide bonds. The molecule has 1 aliphatic carbocycles. The Morgan fingerprint density at radius 1 is 1.23 bits per heavy atom. The van der Waals surface area contributed by atoms with Gasteiger partial charge in [0.2, 0.25) is 0 Å². The fourth-order valence-electron chi connectivity index (χ4n) is 4.14. The van der Waals surface area contributed by atoms with E-state index < -0.39 is 5.97 Å². The second-order valence-corrected chi connectivity index (χ2v) is 7.31. The first kappa shape index (κ1) is 15.5. The van der Waals surface area contributed by atoms with Crippen LogP contribution in [0.5, 0.6) is 0 Å². The summed E-state index contributed by atoms with van der Waals surface area (Å²) in [5.41, 5.74) is 0.963. The molecule has 2 N–H and O–H groups in total. The Labute approximate surface area is 150 Å². The van der Waals surface area contributed by atoms with Crippen molar-refractivity contribution >= 4 is 33.5 Å². The summed E-state index contributed by atoms with van der Waals surface area (Å²) in [6.07, 6.45) is 8.09. The number of hydrogen-bond acceptors (Lipinski definition) is 5. The van der Waals surface area contributed by atoms with Crippen LogP contribution in [0.25, 0.3) is 21.7 Å². The van der Waals surface area contributed by atoms with Crippen LogP contribution in [0.2, 0.25) is 0 Å². The van der Waals surface area contributed by atoms with Crippen molar-refractivity contribution in [2.75, 3.05) is 11.9 Å². The zero-order valence-corrected chi connectivity index (χ0v) is 14.2. The van der Waals surface area contributed by atoms with Gasteiger partial charge in [0, 0.05) is 28.6 Å². The fraction of sp³-hybridized carbons (Fsp3) is 0.350. The average molecular weight is 349 g/mol. The third-order valence-electron chi connectivity index (χ3n) is 5.66. The number of pyridine rings is 2. The predicted molar refractivity (Wildman–Crippen MR) is 98.6 cm³/mol. The number of benzene rings is 1. The summed E-state index contributed by atoms with van der Waals surface area (Å²) in [5, 5.41) is 15.7. The standard InChI is InChI=1S/C20H19N3O3/c24-19(25)12-2-3-14-16-10-21-7-4-15(16)18(23-17(14)8-12)22-13-9-20(26-11-13)5-1-6-20/h2-4,7-8,10,13H,1,5-6,9,11H2,(H,22,23)(H,24,25). The summed E-state index contributed by atoms with van der Waals surface area (Å²) >= 11 is 0. The van der Waals surface area contributed by atoms with Gasteiger partial charge in [-0.2, -0.15) is 0 Å². The molecule has 3 aromatic rings. The summed E-state index contributed by atoms with van der Waals surface area (Å²) in [5.74, 6) is -0.187. The van der Waals surface area contributed by atoms with Crippen molar-refractivity contribution in [3.63, 3.8) is 0 Å². The van der Waals surface area contributed by atoms with Crippen molar-refractivity contribution in [1.29, 1.82) is 0 Å². The first-order valence-corrected chi connectivity index (χ1v) is 8.95. The summed E-state index contributed by atoms with van der Waals surface area (Å²) in [4.78, 5) is 20.3. The molecule has 1 saturated carbocycles. The molecule has 1 aromatic carbocycles. The first-order chi connectivity index (χ1) is 12.6. The van der Waals surface area contributed by atoms with E-state index in [1.807, 2.05) is 18.3 Å². The van der Waals surface area contributed by atoms with Gasteiger partial charge in [0.05, 0.1) is 29.3 Å². The molecule has 6 nitrogen and oxygen atoms in total. The monoisotopic (exact) mass is 349 g/mol. The number of aromatic carboxylic acids is 1. The molecule has 1 saturated heterocycles. The number of hydrogen-bond donors (Lipinski definition) is 2. The normalized spacial score (nSPS) is 21.2. The third kappa shape index (κ3) is 2.41. The lowest BCUT2D eigenvalue weighted by Crippen LogP contribution is -2.36. The van der Waals surface area contributed by atoms with E-state index in [-0.39, 0.29) is 17.2 Å². The smallest absolute Gasteiger partial charge is 0.335 e. The van der Waals surface area contributed by atoms with Gasteiger partial charge >= 0.3 is 5.97 Å². The van der Waals surface area contributed by atoms with Crippen molar-refractivity contribution in [2.45, 2.75) is 37.3 Å². The van der Waals surface area contributed by atoms with Gasteiger partial charge in [-0.3, -0.25) is 4.98 Å². The zero-order valence-electron chi connectivity index (χ0n) is 14.2. The highest BCUT2D eigenvalue weighted by molar-refractivity contribution is 6.10. The SMILES string of the molecule is O=C(O)c1ccc2c(c1)nc(NC1COC3(CCC3)C1)c1ccncc12. The van der Waals surface area contributed by atoms with Crippen LogP contribution in [0.15, 0.2) is 36.7 Å². The Hall–Kier alpha value is -2.73. The zero-order chi connectivity index (χ0) is 17.7. The summed E-state index contributed by atoms with van der Waals surface area (Å²) in [7, 11) is 0. The minimum absolute atomic E-state index is 0.0718. The van der Waals surface area contributed by atoms with Crippen molar-refractivity contribution in [3.8, 4) is 0 Å². The van der Waals surface area contributed by atoms with Gasteiger partial charge in [0.25, 0.3) is 0 Å². The van der Waals surface area contributed by atoms with Gasteiger partial charge in [-0.1, -0.05) is 6.07 Å². The van der Waals surface area contributed by atoms with E-state index in [9.17, 15) is 9.90 Å². The maximum atomic E-state index is 11.3. The number of carboxylic acids is 1. The van der Waals surface area contributed by atoms with Crippen LogP contribution in [-0.4, -0.2) is 39.3 Å². The molecule has 132 valence electrons. The van der Waals surface area contributed by atoms with Crippen LogP contribution in [0.3, 0.4) is 0 Å². The van der Waals surface area contributed by atoms with Gasteiger partial charge < -0.3 is 15.2 Å². The molecule has 26 heavy (non-hydrogen) atoms. The maximum absolute atomic E-state index is 11.3. The number of nitrogens with one attached hydrogen (secondary N) is 1. The molecule has 1 atom stereocenters. The molecule has 1 aliphatic heterocycles. The van der Waals surface area contributed by atoms with Gasteiger partial charge in [0.15, 0.2) is 0 Å². The van der Waals surface area contributed by atoms with E-state index in [4.69, 9.17) is 9.72 Å². The summed E-state index contributed by atoms with van der Waals surface area (Å²) in [6.45, 7) is 0.682. The largest absolute Gasteiger partial charge is 0.478 e. The van der Waals surface area contributed by atoms with E-state index >= 15 is 0 Å². The number of rotatable bonds is 3. The molecular formula is C20H19N3O3. The molecule has 2 fully saturated rings. The summed E-state index contributed by atoms with van der Waals surface area (Å²) < 4.78 is 6.03. The minimum Gasteiger partial charge on any atom is -0.478 e. The number of ether oxygens (including phenoxy) is 1. The number of aromatic nitrogens is 2. The van der Waals surface area contributed by atoms with Gasteiger partial charge in [0.1, 0.15) is 5.82 Å². The first-order valence-electron chi connectivity index (χ1n) is 8.95. The van der Waals surface area contributed by atoms with E-state index in [1.54, 1.807) is 18.3 Å². The van der Waals surface area contributed by atoms with Crippen LogP contribution < -0.4 is 5.32 Å².